The average molecular weight is 976 g/mol. The molecular weight excluding hydrogens is 908 g/mol. The number of carbonyl (C=O) groups is 5. The van der Waals surface area contributed by atoms with E-state index in [1.54, 1.807) is 38.1 Å². The van der Waals surface area contributed by atoms with Crippen LogP contribution < -0.4 is 15.4 Å². The number of imidazole rings is 1. The highest BCUT2D eigenvalue weighted by atomic mass is 35.5. The summed E-state index contributed by atoms with van der Waals surface area (Å²) in [4.78, 5) is 83.6. The van der Waals surface area contributed by atoms with E-state index in [9.17, 15) is 19.2 Å². The summed E-state index contributed by atoms with van der Waals surface area (Å²) in [6, 6.07) is 26.6. The lowest BCUT2D eigenvalue weighted by Crippen LogP contribution is -2.57. The van der Waals surface area contributed by atoms with Crippen molar-refractivity contribution in [2.75, 3.05) is 48.5 Å². The van der Waals surface area contributed by atoms with Gasteiger partial charge in [0.05, 0.1) is 37.5 Å². The minimum atomic E-state index is -1.18. The lowest BCUT2D eigenvalue weighted by atomic mass is 9.93. The Morgan fingerprint density at radius 1 is 0.814 bits per heavy atom. The van der Waals surface area contributed by atoms with Gasteiger partial charge in [0.1, 0.15) is 29.4 Å². The maximum atomic E-state index is 15.1. The first kappa shape index (κ1) is 52.8. The van der Waals surface area contributed by atoms with Crippen LogP contribution in [-0.2, 0) is 61.7 Å². The van der Waals surface area contributed by atoms with E-state index in [2.05, 4.69) is 25.1 Å². The number of rotatable bonds is 13. The van der Waals surface area contributed by atoms with Crippen molar-refractivity contribution in [1.29, 1.82) is 0 Å². The van der Waals surface area contributed by atoms with Crippen LogP contribution in [0.3, 0.4) is 0 Å². The van der Waals surface area contributed by atoms with Crippen LogP contribution in [0.25, 0.3) is 11.3 Å². The number of benzene rings is 4. The fraction of sp³-hybridized carbons (Fsp3) is 0.407. The zero-order valence-electron chi connectivity index (χ0n) is 41.8. The molecule has 0 radical (unpaired) electrons. The molecular formula is C54H67ClN8O7. The molecule has 0 spiro atoms. The van der Waals surface area contributed by atoms with Gasteiger partial charge in [-0.05, 0) is 107 Å². The lowest BCUT2D eigenvalue weighted by molar-refractivity contribution is -0.147. The maximum absolute atomic E-state index is 15.1. The van der Waals surface area contributed by atoms with Crippen molar-refractivity contribution in [3.63, 3.8) is 0 Å². The smallest absolute Gasteiger partial charge is 0.247 e. The number of aromatic nitrogens is 2. The van der Waals surface area contributed by atoms with Gasteiger partial charge in [-0.1, -0.05) is 66.2 Å². The second kappa shape index (κ2) is 24.3. The summed E-state index contributed by atoms with van der Waals surface area (Å²) in [6.07, 6.45) is 2.11. The quantitative estimate of drug-likeness (QED) is 0.136. The minimum absolute atomic E-state index is 0.0639. The molecule has 1 aromatic heterocycles. The number of nitrogens with zero attached hydrogens (tertiary/aromatic N) is 6. The van der Waals surface area contributed by atoms with Crippen molar-refractivity contribution in [2.24, 2.45) is 13.0 Å². The van der Waals surface area contributed by atoms with Crippen LogP contribution in [0.2, 0.25) is 5.02 Å². The van der Waals surface area contributed by atoms with Gasteiger partial charge < -0.3 is 44.3 Å². The molecule has 0 aliphatic carbocycles. The van der Waals surface area contributed by atoms with Crippen molar-refractivity contribution >= 4 is 41.1 Å². The number of ether oxygens (including phenoxy) is 2. The second-order valence-corrected chi connectivity index (χ2v) is 19.1. The molecule has 2 N–H and O–H groups in total. The van der Waals surface area contributed by atoms with Crippen LogP contribution in [0.1, 0.15) is 54.8 Å². The van der Waals surface area contributed by atoms with Crippen LogP contribution in [0, 0.1) is 12.8 Å². The molecule has 2 heterocycles. The van der Waals surface area contributed by atoms with Crippen molar-refractivity contribution in [1.82, 2.24) is 39.8 Å². The molecule has 5 atom stereocenters. The number of likely N-dealkylation sites (N-methyl/N-ethyl adjacent to an activating group) is 2. The molecule has 4 aromatic carbocycles. The molecule has 5 aromatic rings. The van der Waals surface area contributed by atoms with E-state index >= 15 is 4.79 Å². The Balaban J connectivity index is 1.36. The number of aryl methyl sites for hydroxylation is 1. The van der Waals surface area contributed by atoms with Gasteiger partial charge in [0.25, 0.3) is 0 Å². The highest BCUT2D eigenvalue weighted by molar-refractivity contribution is 6.30. The van der Waals surface area contributed by atoms with Gasteiger partial charge in [-0.2, -0.15) is 0 Å². The summed E-state index contributed by atoms with van der Waals surface area (Å²) in [6.45, 7) is 5.96. The normalized spacial score (nSPS) is 20.3. The summed E-state index contributed by atoms with van der Waals surface area (Å²) >= 11 is 6.19. The molecule has 5 amide bonds. The number of halogens is 1. The van der Waals surface area contributed by atoms with Crippen LogP contribution in [-0.4, -0.2) is 131 Å². The number of carbonyl (C=O) groups excluding carboxylic acids is 5. The third-order valence-corrected chi connectivity index (χ3v) is 13.3. The van der Waals surface area contributed by atoms with Crippen molar-refractivity contribution < 1.29 is 33.4 Å². The van der Waals surface area contributed by atoms with E-state index in [-0.39, 0.29) is 50.8 Å². The Labute approximate surface area is 417 Å². The van der Waals surface area contributed by atoms with Crippen molar-refractivity contribution in [2.45, 2.75) is 83.7 Å². The van der Waals surface area contributed by atoms with E-state index in [1.807, 2.05) is 126 Å². The minimum Gasteiger partial charge on any atom is -0.457 e. The van der Waals surface area contributed by atoms with Gasteiger partial charge in [-0.15, -0.1) is 0 Å². The van der Waals surface area contributed by atoms with Crippen molar-refractivity contribution in [3.8, 4) is 22.8 Å². The molecule has 16 heteroatoms. The summed E-state index contributed by atoms with van der Waals surface area (Å²) in [5, 5.41) is 6.40. The topological polar surface area (TPSA) is 159 Å². The zero-order valence-corrected chi connectivity index (χ0v) is 42.5. The van der Waals surface area contributed by atoms with E-state index in [0.717, 1.165) is 33.8 Å². The van der Waals surface area contributed by atoms with Crippen LogP contribution in [0.5, 0.6) is 11.5 Å². The molecule has 15 nitrogen and oxygen atoms in total. The first-order valence-corrected chi connectivity index (χ1v) is 24.0. The fourth-order valence-corrected chi connectivity index (χ4v) is 8.71. The molecule has 70 heavy (non-hydrogen) atoms. The van der Waals surface area contributed by atoms with Gasteiger partial charge in [0, 0.05) is 75.9 Å². The van der Waals surface area contributed by atoms with Crippen LogP contribution >= 0.6 is 11.6 Å². The summed E-state index contributed by atoms with van der Waals surface area (Å²) < 4.78 is 14.1. The largest absolute Gasteiger partial charge is 0.457 e. The summed E-state index contributed by atoms with van der Waals surface area (Å²) in [5.41, 5.74) is 5.15. The third-order valence-electron chi connectivity index (χ3n) is 13.0. The second-order valence-electron chi connectivity index (χ2n) is 18.6. The molecule has 1 aliphatic rings. The molecule has 0 saturated carbocycles. The van der Waals surface area contributed by atoms with Crippen molar-refractivity contribution in [3.05, 3.63) is 136 Å². The Bertz CT molecular complexity index is 2590. The maximum Gasteiger partial charge on any atom is 0.247 e. The highest BCUT2D eigenvalue weighted by Crippen LogP contribution is 2.31. The van der Waals surface area contributed by atoms with E-state index < -0.39 is 47.8 Å². The number of amides is 5. The van der Waals surface area contributed by atoms with E-state index in [1.165, 1.54) is 16.9 Å². The number of nitrogens with one attached hydrogen (secondary N) is 2. The van der Waals surface area contributed by atoms with Gasteiger partial charge in [-0.25, -0.2) is 4.98 Å². The number of methoxy groups -OCH3 is 1. The summed E-state index contributed by atoms with van der Waals surface area (Å²) in [5.74, 6) is -1.02. The lowest BCUT2D eigenvalue weighted by Gasteiger charge is -2.35. The van der Waals surface area contributed by atoms with Gasteiger partial charge in [0.2, 0.25) is 29.5 Å². The molecule has 0 unspecified atom stereocenters. The average Bonchev–Trinajstić information content (AvgIpc) is 3.70. The predicted octanol–water partition coefficient (Wildman–Crippen LogP) is 6.44. The van der Waals surface area contributed by atoms with E-state index in [0.29, 0.717) is 35.1 Å². The van der Waals surface area contributed by atoms with Crippen LogP contribution in [0.4, 0.5) is 0 Å². The zero-order chi connectivity index (χ0) is 50.6. The SMILES string of the molecule is COC[C@@H]1NC(=O)[C@H](C)N(Cc2ccc(C)cc2Oc2ccc(-c3cnc(CN(C)C)n3C)cc2)C(=O)C[C@@H](Cc2ccccc2)C(=O)N(C)[C@@H](C)CNC(=O)C[C@H](Cc2ccc(Cl)cc2)N(C)C1=O. The molecule has 1 saturated heterocycles. The molecule has 372 valence electrons. The van der Waals surface area contributed by atoms with Gasteiger partial charge in [-0.3, -0.25) is 24.0 Å². The Morgan fingerprint density at radius 3 is 2.17 bits per heavy atom. The first-order valence-electron chi connectivity index (χ1n) is 23.6. The standard InChI is InChI=1S/C54H67ClN8O7/c1-35-15-18-41(48(25-35)70-45-23-19-40(20-24-45)47-31-56-49(62(47)8)33-59(4)5)32-63-37(3)52(66)58-46(34-69-9)54(68)61(7)44(27-39-16-21-43(55)22-17-39)29-50(64)57-30-36(2)60(6)53(67)42(28-51(63)65)26-38-13-11-10-12-14-38/h10-25,31,36-37,42,44,46H,26-30,32-34H2,1-9H3,(H,57,64)(H,58,66)/t36-,37-,42+,44-,46-/m0/s1. The number of hydrogen-bond donors (Lipinski definition) is 2. The Hall–Kier alpha value is -6.55. The molecule has 1 aliphatic heterocycles. The number of hydrogen-bond acceptors (Lipinski definition) is 9. The van der Waals surface area contributed by atoms with Gasteiger partial charge in [0.15, 0.2) is 0 Å². The monoisotopic (exact) mass is 974 g/mol. The third kappa shape index (κ3) is 13.8. The fourth-order valence-electron chi connectivity index (χ4n) is 8.58. The molecule has 1 fully saturated rings. The summed E-state index contributed by atoms with van der Waals surface area (Å²) in [7, 11) is 10.7. The Kier molecular flexibility index (Phi) is 18.4. The first-order chi connectivity index (χ1) is 33.4. The predicted molar refractivity (Wildman–Crippen MR) is 271 cm³/mol. The van der Waals surface area contributed by atoms with Gasteiger partial charge >= 0.3 is 0 Å². The highest BCUT2D eigenvalue weighted by Gasteiger charge is 2.36. The molecule has 6 rings (SSSR count). The Morgan fingerprint density at radius 2 is 1.50 bits per heavy atom. The van der Waals surface area contributed by atoms with Crippen LogP contribution in [0.15, 0.2) is 103 Å². The van der Waals surface area contributed by atoms with E-state index in [4.69, 9.17) is 21.1 Å². The molecule has 0 bridgehead atoms.